The van der Waals surface area contributed by atoms with E-state index in [1.165, 1.54) is 25.7 Å². The highest BCUT2D eigenvalue weighted by Gasteiger charge is 2.24. The number of nitriles is 1. The Morgan fingerprint density at radius 1 is 1.36 bits per heavy atom. The second-order valence-corrected chi connectivity index (χ2v) is 4.43. The summed E-state index contributed by atoms with van der Waals surface area (Å²) in [5.74, 6) is 0.826. The molecule has 1 N–H and O–H groups in total. The van der Waals surface area contributed by atoms with Crippen LogP contribution in [-0.4, -0.2) is 25.3 Å². The van der Waals surface area contributed by atoms with Gasteiger partial charge in [-0.1, -0.05) is 0 Å². The van der Waals surface area contributed by atoms with Crippen LogP contribution in [0.3, 0.4) is 0 Å². The van der Waals surface area contributed by atoms with Crippen LogP contribution < -0.4 is 5.32 Å². The Hall–Kier alpha value is -0.590. The number of nitrogens with one attached hydrogen (secondary N) is 1. The normalized spacial score (nSPS) is 23.1. The summed E-state index contributed by atoms with van der Waals surface area (Å²) in [5.41, 5.74) is 0. The lowest BCUT2D eigenvalue weighted by Crippen LogP contribution is -2.30. The summed E-state index contributed by atoms with van der Waals surface area (Å²) in [4.78, 5) is 0. The van der Waals surface area contributed by atoms with Crippen molar-refractivity contribution in [3.05, 3.63) is 0 Å². The number of nitrogens with zero attached hydrogens (tertiary/aromatic N) is 1. The van der Waals surface area contributed by atoms with Crippen molar-refractivity contribution in [2.75, 3.05) is 13.2 Å². The molecule has 0 heterocycles. The van der Waals surface area contributed by atoms with Crippen molar-refractivity contribution in [2.45, 2.75) is 44.2 Å². The third kappa shape index (κ3) is 3.65. The first kappa shape index (κ1) is 9.95. The molecule has 3 nitrogen and oxygen atoms in total. The highest BCUT2D eigenvalue weighted by Crippen LogP contribution is 2.28. The smallest absolute Gasteiger partial charge is 0.0977 e. The van der Waals surface area contributed by atoms with Crippen molar-refractivity contribution in [2.24, 2.45) is 5.92 Å². The highest BCUT2D eigenvalue weighted by atomic mass is 16.5. The van der Waals surface area contributed by atoms with Gasteiger partial charge < -0.3 is 4.74 Å². The first-order chi connectivity index (χ1) is 6.88. The van der Waals surface area contributed by atoms with Gasteiger partial charge >= 0.3 is 0 Å². The average molecular weight is 194 g/mol. The summed E-state index contributed by atoms with van der Waals surface area (Å²) >= 11 is 0. The molecule has 0 aromatic carbocycles. The summed E-state index contributed by atoms with van der Waals surface area (Å²) in [5, 5.41) is 12.2. The molecule has 2 aliphatic carbocycles. The topological polar surface area (TPSA) is 45.0 Å². The molecule has 0 aliphatic heterocycles. The minimum absolute atomic E-state index is 0.00158. The van der Waals surface area contributed by atoms with Gasteiger partial charge in [0.1, 0.15) is 0 Å². The molecule has 0 amide bonds. The van der Waals surface area contributed by atoms with Crippen molar-refractivity contribution in [1.29, 1.82) is 5.26 Å². The van der Waals surface area contributed by atoms with Gasteiger partial charge in [-0.2, -0.15) is 5.26 Å². The lowest BCUT2D eigenvalue weighted by atomic mass is 10.2. The Morgan fingerprint density at radius 3 is 2.71 bits per heavy atom. The summed E-state index contributed by atoms with van der Waals surface area (Å²) in [6.07, 6.45) is 5.98. The lowest BCUT2D eigenvalue weighted by Gasteiger charge is -2.10. The van der Waals surface area contributed by atoms with E-state index < -0.39 is 0 Å². The zero-order chi connectivity index (χ0) is 9.80. The van der Waals surface area contributed by atoms with Crippen molar-refractivity contribution < 1.29 is 4.74 Å². The predicted molar refractivity (Wildman–Crippen MR) is 53.7 cm³/mol. The molecule has 0 bridgehead atoms. The quantitative estimate of drug-likeness (QED) is 0.624. The highest BCUT2D eigenvalue weighted by molar-refractivity contribution is 4.95. The fourth-order valence-electron chi connectivity index (χ4n) is 1.46. The molecule has 3 heteroatoms. The number of rotatable bonds is 7. The lowest BCUT2D eigenvalue weighted by molar-refractivity contribution is 0.118. The van der Waals surface area contributed by atoms with E-state index in [4.69, 9.17) is 10.00 Å². The maximum Gasteiger partial charge on any atom is 0.0977 e. The van der Waals surface area contributed by atoms with Crippen LogP contribution in [0.2, 0.25) is 0 Å². The fourth-order valence-corrected chi connectivity index (χ4v) is 1.46. The summed E-state index contributed by atoms with van der Waals surface area (Å²) in [7, 11) is 0. The molecule has 0 aromatic heterocycles. The van der Waals surface area contributed by atoms with Gasteiger partial charge in [0, 0.05) is 19.3 Å². The van der Waals surface area contributed by atoms with Crippen LogP contribution in [0.1, 0.15) is 32.1 Å². The van der Waals surface area contributed by atoms with Crippen LogP contribution in [0.5, 0.6) is 0 Å². The Morgan fingerprint density at radius 2 is 2.14 bits per heavy atom. The van der Waals surface area contributed by atoms with Crippen LogP contribution in [0.25, 0.3) is 0 Å². The van der Waals surface area contributed by atoms with E-state index in [1.54, 1.807) is 0 Å². The molecule has 1 unspecified atom stereocenters. The van der Waals surface area contributed by atoms with Crippen molar-refractivity contribution in [3.63, 3.8) is 0 Å². The molecule has 14 heavy (non-hydrogen) atoms. The van der Waals surface area contributed by atoms with E-state index in [2.05, 4.69) is 11.4 Å². The average Bonchev–Trinajstić information content (AvgIpc) is 3.03. The molecule has 2 fully saturated rings. The molecular formula is C11H18N2O. The van der Waals surface area contributed by atoms with Gasteiger partial charge in [0.25, 0.3) is 0 Å². The Labute approximate surface area is 85.4 Å². The van der Waals surface area contributed by atoms with Gasteiger partial charge in [0.05, 0.1) is 12.1 Å². The molecule has 0 saturated heterocycles. The molecule has 2 rings (SSSR count). The van der Waals surface area contributed by atoms with Gasteiger partial charge in [-0.3, -0.25) is 5.32 Å². The van der Waals surface area contributed by atoms with E-state index in [-0.39, 0.29) is 6.04 Å². The zero-order valence-corrected chi connectivity index (χ0v) is 8.54. The Bertz CT molecular complexity index is 216. The summed E-state index contributed by atoms with van der Waals surface area (Å²) < 4.78 is 5.50. The first-order valence-electron chi connectivity index (χ1n) is 5.62. The van der Waals surface area contributed by atoms with Gasteiger partial charge in [-0.25, -0.2) is 0 Å². The fraction of sp³-hybridized carbons (Fsp3) is 0.909. The molecule has 0 radical (unpaired) electrons. The monoisotopic (exact) mass is 194 g/mol. The number of hydrogen-bond donors (Lipinski definition) is 1. The van der Waals surface area contributed by atoms with E-state index in [9.17, 15) is 0 Å². The van der Waals surface area contributed by atoms with Crippen molar-refractivity contribution >= 4 is 0 Å². The molecule has 78 valence electrons. The van der Waals surface area contributed by atoms with E-state index in [0.29, 0.717) is 6.04 Å². The standard InChI is InChI=1S/C11H18N2O/c12-7-11(13-10-3-4-10)5-6-14-8-9-1-2-9/h9-11,13H,1-6,8H2. The predicted octanol–water partition coefficient (Wildman–Crippen LogP) is 1.45. The third-order valence-electron chi connectivity index (χ3n) is 2.77. The molecule has 2 aliphatic rings. The molecule has 2 saturated carbocycles. The van der Waals surface area contributed by atoms with Crippen LogP contribution in [-0.2, 0) is 4.74 Å². The minimum Gasteiger partial charge on any atom is -0.381 e. The van der Waals surface area contributed by atoms with E-state index >= 15 is 0 Å². The number of ether oxygens (including phenoxy) is 1. The summed E-state index contributed by atoms with van der Waals surface area (Å²) in [6, 6.07) is 2.90. The zero-order valence-electron chi connectivity index (χ0n) is 8.54. The largest absolute Gasteiger partial charge is 0.381 e. The van der Waals surface area contributed by atoms with Crippen LogP contribution in [0, 0.1) is 17.2 Å². The van der Waals surface area contributed by atoms with Gasteiger partial charge in [-0.15, -0.1) is 0 Å². The third-order valence-corrected chi connectivity index (χ3v) is 2.77. The minimum atomic E-state index is 0.00158. The van der Waals surface area contributed by atoms with E-state index in [1.807, 2.05) is 0 Å². The van der Waals surface area contributed by atoms with Crippen LogP contribution in [0.4, 0.5) is 0 Å². The van der Waals surface area contributed by atoms with Crippen LogP contribution >= 0.6 is 0 Å². The van der Waals surface area contributed by atoms with E-state index in [0.717, 1.165) is 25.6 Å². The molecule has 0 spiro atoms. The maximum atomic E-state index is 8.86. The second-order valence-electron chi connectivity index (χ2n) is 4.43. The first-order valence-corrected chi connectivity index (χ1v) is 5.62. The van der Waals surface area contributed by atoms with Gasteiger partial charge in [0.2, 0.25) is 0 Å². The van der Waals surface area contributed by atoms with Crippen molar-refractivity contribution in [1.82, 2.24) is 5.32 Å². The molecular weight excluding hydrogens is 176 g/mol. The SMILES string of the molecule is N#CC(CCOCC1CC1)NC1CC1. The van der Waals surface area contributed by atoms with Gasteiger partial charge in [-0.05, 0) is 38.0 Å². The molecule has 0 aromatic rings. The van der Waals surface area contributed by atoms with Crippen LogP contribution in [0.15, 0.2) is 0 Å². The summed E-state index contributed by atoms with van der Waals surface area (Å²) in [6.45, 7) is 1.63. The second kappa shape index (κ2) is 4.77. The Balaban J connectivity index is 1.50. The maximum absolute atomic E-state index is 8.86. The van der Waals surface area contributed by atoms with Gasteiger partial charge in [0.15, 0.2) is 0 Å². The molecule has 1 atom stereocenters. The number of hydrogen-bond acceptors (Lipinski definition) is 3. The Kier molecular flexibility index (Phi) is 3.39. The van der Waals surface area contributed by atoms with Crippen molar-refractivity contribution in [3.8, 4) is 6.07 Å².